The van der Waals surface area contributed by atoms with Crippen LogP contribution >= 0.6 is 11.3 Å². The van der Waals surface area contributed by atoms with E-state index in [4.69, 9.17) is 4.74 Å². The quantitative estimate of drug-likeness (QED) is 0.798. The number of para-hydroxylation sites is 1. The molecule has 2 heterocycles. The number of anilines is 1. The van der Waals surface area contributed by atoms with E-state index >= 15 is 0 Å². The van der Waals surface area contributed by atoms with E-state index in [9.17, 15) is 9.59 Å². The van der Waals surface area contributed by atoms with Gasteiger partial charge in [-0.15, -0.1) is 0 Å². The highest BCUT2D eigenvalue weighted by atomic mass is 32.1. The van der Waals surface area contributed by atoms with E-state index in [1.165, 1.54) is 23.6 Å². The molecule has 0 unspecified atom stereocenters. The molecular formula is C16H15N3O3S. The number of aryl methyl sites for hydroxylation is 1. The number of carbonyl (C=O) groups is 1. The third kappa shape index (κ3) is 3.09. The molecule has 2 aromatic heterocycles. The molecule has 23 heavy (non-hydrogen) atoms. The van der Waals surface area contributed by atoms with E-state index in [2.05, 4.69) is 10.3 Å². The van der Waals surface area contributed by atoms with E-state index in [1.807, 2.05) is 24.3 Å². The van der Waals surface area contributed by atoms with Crippen LogP contribution in [0.15, 0.2) is 41.3 Å². The normalized spacial score (nSPS) is 10.7. The largest absolute Gasteiger partial charge is 0.488 e. The summed E-state index contributed by atoms with van der Waals surface area (Å²) in [5, 5.41) is 3.23. The van der Waals surface area contributed by atoms with Crippen molar-refractivity contribution < 1.29 is 9.53 Å². The van der Waals surface area contributed by atoms with Crippen molar-refractivity contribution in [3.8, 4) is 5.75 Å². The minimum absolute atomic E-state index is 0.228. The summed E-state index contributed by atoms with van der Waals surface area (Å²) in [5.41, 5.74) is 0.755. The monoisotopic (exact) mass is 329 g/mol. The molecule has 7 heteroatoms. The van der Waals surface area contributed by atoms with Crippen LogP contribution in [-0.2, 0) is 7.05 Å². The lowest BCUT2D eigenvalue weighted by Crippen LogP contribution is -2.21. The maximum absolute atomic E-state index is 12.4. The second-order valence-electron chi connectivity index (χ2n) is 4.87. The second-order valence-corrected chi connectivity index (χ2v) is 5.90. The van der Waals surface area contributed by atoms with Gasteiger partial charge in [0.15, 0.2) is 10.9 Å². The minimum atomic E-state index is -0.383. The number of carbonyl (C=O) groups excluding carboxylic acids is 1. The van der Waals surface area contributed by atoms with Crippen LogP contribution in [0.5, 0.6) is 5.75 Å². The summed E-state index contributed by atoms with van der Waals surface area (Å²) < 4.78 is 7.79. The van der Waals surface area contributed by atoms with Gasteiger partial charge in [0.1, 0.15) is 5.69 Å². The van der Waals surface area contributed by atoms with Gasteiger partial charge in [0.2, 0.25) is 5.43 Å². The van der Waals surface area contributed by atoms with Gasteiger partial charge in [-0.3, -0.25) is 14.9 Å². The number of ether oxygens (including phenoxy) is 1. The molecule has 0 bridgehead atoms. The number of rotatable bonds is 4. The Morgan fingerprint density at radius 1 is 1.39 bits per heavy atom. The first-order valence-electron chi connectivity index (χ1n) is 7.09. The standard InChI is InChI=1S/C16H15N3O3S/c1-3-22-13-9-19(2)11(8-12(13)20)15(21)18-16-17-10-6-4-5-7-14(10)23-16/h4-9H,3H2,1-2H3,(H,17,18,21). The van der Waals surface area contributed by atoms with Crippen molar-refractivity contribution in [3.63, 3.8) is 0 Å². The second kappa shape index (κ2) is 6.21. The van der Waals surface area contributed by atoms with Crippen LogP contribution < -0.4 is 15.5 Å². The number of fused-ring (bicyclic) bond motifs is 1. The van der Waals surface area contributed by atoms with Gasteiger partial charge in [0.25, 0.3) is 5.91 Å². The fourth-order valence-corrected chi connectivity index (χ4v) is 3.04. The van der Waals surface area contributed by atoms with E-state index < -0.39 is 0 Å². The molecule has 1 amide bonds. The summed E-state index contributed by atoms with van der Waals surface area (Å²) in [6.07, 6.45) is 1.51. The smallest absolute Gasteiger partial charge is 0.274 e. The highest BCUT2D eigenvalue weighted by molar-refractivity contribution is 7.22. The van der Waals surface area contributed by atoms with Gasteiger partial charge >= 0.3 is 0 Å². The Labute approximate surface area is 136 Å². The Morgan fingerprint density at radius 3 is 2.91 bits per heavy atom. The third-order valence-electron chi connectivity index (χ3n) is 3.25. The van der Waals surface area contributed by atoms with Gasteiger partial charge in [-0.1, -0.05) is 23.5 Å². The van der Waals surface area contributed by atoms with Crippen LogP contribution in [0.3, 0.4) is 0 Å². The number of benzene rings is 1. The van der Waals surface area contributed by atoms with Crippen molar-refractivity contribution in [2.24, 2.45) is 7.05 Å². The first-order valence-corrected chi connectivity index (χ1v) is 7.90. The lowest BCUT2D eigenvalue weighted by Gasteiger charge is -2.10. The fourth-order valence-electron chi connectivity index (χ4n) is 2.18. The zero-order valence-electron chi connectivity index (χ0n) is 12.7. The number of nitrogens with zero attached hydrogens (tertiary/aromatic N) is 2. The first-order chi connectivity index (χ1) is 11.1. The molecule has 0 aliphatic heterocycles. The van der Waals surface area contributed by atoms with Gasteiger partial charge < -0.3 is 9.30 Å². The van der Waals surface area contributed by atoms with Crippen LogP contribution in [0.4, 0.5) is 5.13 Å². The summed E-state index contributed by atoms with van der Waals surface area (Å²) >= 11 is 1.39. The molecule has 0 aliphatic carbocycles. The third-order valence-corrected chi connectivity index (χ3v) is 4.20. The van der Waals surface area contributed by atoms with Gasteiger partial charge in [0.05, 0.1) is 23.0 Å². The van der Waals surface area contributed by atoms with E-state index in [-0.39, 0.29) is 22.8 Å². The molecule has 0 fully saturated rings. The number of pyridine rings is 1. The van der Waals surface area contributed by atoms with Gasteiger partial charge in [-0.25, -0.2) is 4.98 Å². The summed E-state index contributed by atoms with van der Waals surface area (Å²) in [5.74, 6) is -0.154. The van der Waals surface area contributed by atoms with E-state index in [0.29, 0.717) is 11.7 Å². The van der Waals surface area contributed by atoms with Crippen LogP contribution in [0.2, 0.25) is 0 Å². The van der Waals surface area contributed by atoms with Gasteiger partial charge in [-0.2, -0.15) is 0 Å². The van der Waals surface area contributed by atoms with Gasteiger partial charge in [0, 0.05) is 13.1 Å². The molecule has 0 saturated heterocycles. The predicted molar refractivity (Wildman–Crippen MR) is 90.4 cm³/mol. The van der Waals surface area contributed by atoms with Crippen LogP contribution in [0.1, 0.15) is 17.4 Å². The Morgan fingerprint density at radius 2 is 2.17 bits per heavy atom. The zero-order valence-corrected chi connectivity index (χ0v) is 13.5. The fraction of sp³-hybridized carbons (Fsp3) is 0.188. The number of thiazole rings is 1. The van der Waals surface area contributed by atoms with E-state index in [0.717, 1.165) is 10.2 Å². The molecule has 0 radical (unpaired) electrons. The molecular weight excluding hydrogens is 314 g/mol. The summed E-state index contributed by atoms with van der Waals surface area (Å²) in [6.45, 7) is 2.19. The number of nitrogens with one attached hydrogen (secondary N) is 1. The molecule has 3 rings (SSSR count). The zero-order chi connectivity index (χ0) is 16.4. The van der Waals surface area contributed by atoms with Crippen molar-refractivity contribution in [1.29, 1.82) is 0 Å². The summed E-state index contributed by atoms with van der Waals surface area (Å²) in [4.78, 5) is 28.7. The molecule has 118 valence electrons. The summed E-state index contributed by atoms with van der Waals surface area (Å²) in [7, 11) is 1.69. The average molecular weight is 329 g/mol. The van der Waals surface area contributed by atoms with Crippen molar-refractivity contribution in [1.82, 2.24) is 9.55 Å². The molecule has 0 spiro atoms. The number of aromatic nitrogens is 2. The Balaban J connectivity index is 1.88. The SMILES string of the molecule is CCOc1cn(C)c(C(=O)Nc2nc3ccccc3s2)cc1=O. The van der Waals surface area contributed by atoms with Crippen LogP contribution in [0.25, 0.3) is 10.2 Å². The topological polar surface area (TPSA) is 73.2 Å². The number of hydrogen-bond donors (Lipinski definition) is 1. The lowest BCUT2D eigenvalue weighted by atomic mass is 10.3. The van der Waals surface area contributed by atoms with Crippen molar-refractivity contribution in [3.05, 3.63) is 52.4 Å². The van der Waals surface area contributed by atoms with Crippen LogP contribution in [0, 0.1) is 0 Å². The summed E-state index contributed by atoms with van der Waals surface area (Å²) in [6, 6.07) is 8.91. The Bertz CT molecular complexity index is 897. The van der Waals surface area contributed by atoms with Crippen molar-refractivity contribution in [2.45, 2.75) is 6.92 Å². The Hall–Kier alpha value is -2.67. The van der Waals surface area contributed by atoms with Gasteiger partial charge in [-0.05, 0) is 19.1 Å². The number of hydrogen-bond acceptors (Lipinski definition) is 5. The molecule has 1 aromatic carbocycles. The van der Waals surface area contributed by atoms with Crippen molar-refractivity contribution >= 4 is 32.6 Å². The van der Waals surface area contributed by atoms with Crippen LogP contribution in [-0.4, -0.2) is 22.1 Å². The average Bonchev–Trinajstić information content (AvgIpc) is 2.92. The predicted octanol–water partition coefficient (Wildman–Crippen LogP) is 2.65. The molecule has 3 aromatic rings. The maximum Gasteiger partial charge on any atom is 0.274 e. The molecule has 0 atom stereocenters. The highest BCUT2D eigenvalue weighted by Gasteiger charge is 2.14. The minimum Gasteiger partial charge on any atom is -0.488 e. The maximum atomic E-state index is 12.4. The molecule has 6 nitrogen and oxygen atoms in total. The van der Waals surface area contributed by atoms with Crippen molar-refractivity contribution in [2.75, 3.05) is 11.9 Å². The lowest BCUT2D eigenvalue weighted by molar-refractivity contribution is 0.101. The van der Waals surface area contributed by atoms with E-state index in [1.54, 1.807) is 18.5 Å². The highest BCUT2D eigenvalue weighted by Crippen LogP contribution is 2.25. The molecule has 1 N–H and O–H groups in total. The Kier molecular flexibility index (Phi) is 4.12. The molecule has 0 saturated carbocycles. The molecule has 0 aliphatic rings. The first kappa shape index (κ1) is 15.2. The number of amides is 1.